The van der Waals surface area contributed by atoms with E-state index in [2.05, 4.69) is 6.92 Å². The zero-order chi connectivity index (χ0) is 12.2. The molecule has 16 heavy (non-hydrogen) atoms. The number of carboxylic acid groups (broad SMARTS) is 1. The lowest BCUT2D eigenvalue weighted by Gasteiger charge is -2.15. The minimum absolute atomic E-state index is 0.277. The molecule has 1 rings (SSSR count). The average molecular weight is 249 g/mol. The molecule has 1 heterocycles. The zero-order valence-corrected chi connectivity index (χ0v) is 10.4. The van der Waals surface area contributed by atoms with Crippen molar-refractivity contribution in [3.63, 3.8) is 0 Å². The maximum Gasteiger partial charge on any atom is 0.304 e. The van der Waals surface area contributed by atoms with Crippen molar-refractivity contribution in [1.29, 1.82) is 0 Å². The number of nitrogens with zero attached hydrogens (tertiary/aromatic N) is 1. The number of rotatable bonds is 6. The Hall–Kier alpha value is -0.620. The molecule has 6 heteroatoms. The van der Waals surface area contributed by atoms with E-state index in [9.17, 15) is 13.2 Å². The Morgan fingerprint density at radius 1 is 1.50 bits per heavy atom. The van der Waals surface area contributed by atoms with E-state index in [1.54, 1.807) is 0 Å². The molecule has 1 atom stereocenters. The maximum absolute atomic E-state index is 11.7. The number of sulfonamides is 1. The van der Waals surface area contributed by atoms with Crippen LogP contribution in [0.25, 0.3) is 0 Å². The van der Waals surface area contributed by atoms with Gasteiger partial charge in [0, 0.05) is 13.1 Å². The first-order chi connectivity index (χ1) is 7.45. The highest BCUT2D eigenvalue weighted by Gasteiger charge is 2.30. The van der Waals surface area contributed by atoms with Crippen molar-refractivity contribution in [2.45, 2.75) is 32.6 Å². The first kappa shape index (κ1) is 13.4. The highest BCUT2D eigenvalue weighted by molar-refractivity contribution is 7.89. The van der Waals surface area contributed by atoms with Crippen LogP contribution in [0.15, 0.2) is 0 Å². The fraction of sp³-hybridized carbons (Fsp3) is 0.900. The fourth-order valence-electron chi connectivity index (χ4n) is 2.04. The van der Waals surface area contributed by atoms with E-state index >= 15 is 0 Å². The van der Waals surface area contributed by atoms with Crippen molar-refractivity contribution in [1.82, 2.24) is 4.31 Å². The van der Waals surface area contributed by atoms with Gasteiger partial charge in [0.1, 0.15) is 0 Å². The summed E-state index contributed by atoms with van der Waals surface area (Å²) in [6.45, 7) is 3.20. The van der Waals surface area contributed by atoms with Crippen molar-refractivity contribution in [2.24, 2.45) is 5.92 Å². The van der Waals surface area contributed by atoms with E-state index in [4.69, 9.17) is 5.11 Å². The van der Waals surface area contributed by atoms with Crippen LogP contribution in [0.1, 0.15) is 32.6 Å². The van der Waals surface area contributed by atoms with Gasteiger partial charge in [-0.25, -0.2) is 12.7 Å². The summed E-state index contributed by atoms with van der Waals surface area (Å²) in [4.78, 5) is 10.3. The lowest BCUT2D eigenvalue weighted by atomic mass is 10.0. The first-order valence-corrected chi connectivity index (χ1v) is 7.26. The molecule has 0 saturated carbocycles. The lowest BCUT2D eigenvalue weighted by Crippen LogP contribution is -2.31. The van der Waals surface area contributed by atoms with Gasteiger partial charge in [0.25, 0.3) is 0 Å². The van der Waals surface area contributed by atoms with Crippen molar-refractivity contribution in [3.05, 3.63) is 0 Å². The number of carbonyl (C=O) groups is 1. The van der Waals surface area contributed by atoms with Crippen molar-refractivity contribution < 1.29 is 18.3 Å². The van der Waals surface area contributed by atoms with Crippen LogP contribution < -0.4 is 0 Å². The molecule has 0 aliphatic carbocycles. The monoisotopic (exact) mass is 249 g/mol. The molecular formula is C10H19NO4S. The molecule has 0 radical (unpaired) electrons. The van der Waals surface area contributed by atoms with Gasteiger partial charge in [-0.1, -0.05) is 13.3 Å². The third-order valence-electron chi connectivity index (χ3n) is 2.91. The molecular weight excluding hydrogens is 230 g/mol. The molecule has 0 aromatic carbocycles. The van der Waals surface area contributed by atoms with Crippen LogP contribution in [-0.4, -0.2) is 42.6 Å². The second-order valence-electron chi connectivity index (χ2n) is 4.26. The Labute approximate surface area is 96.5 Å². The van der Waals surface area contributed by atoms with Crippen LogP contribution >= 0.6 is 0 Å². The van der Waals surface area contributed by atoms with Gasteiger partial charge < -0.3 is 5.11 Å². The van der Waals surface area contributed by atoms with Gasteiger partial charge in [0.2, 0.25) is 10.0 Å². The van der Waals surface area contributed by atoms with E-state index in [-0.39, 0.29) is 12.2 Å². The van der Waals surface area contributed by atoms with Gasteiger partial charge in [-0.3, -0.25) is 4.79 Å². The normalized spacial score (nSPS) is 22.4. The quantitative estimate of drug-likeness (QED) is 0.759. The largest absolute Gasteiger partial charge is 0.481 e. The Balaban J connectivity index is 2.48. The van der Waals surface area contributed by atoms with Gasteiger partial charge in [0.05, 0.1) is 12.2 Å². The summed E-state index contributed by atoms with van der Waals surface area (Å²) >= 11 is 0. The highest BCUT2D eigenvalue weighted by atomic mass is 32.2. The second-order valence-corrected chi connectivity index (χ2v) is 6.35. The smallest absolute Gasteiger partial charge is 0.304 e. The van der Waals surface area contributed by atoms with Crippen LogP contribution in [-0.2, 0) is 14.8 Å². The Morgan fingerprint density at radius 2 is 2.19 bits per heavy atom. The first-order valence-electron chi connectivity index (χ1n) is 5.65. The molecule has 1 aliphatic rings. The van der Waals surface area contributed by atoms with Gasteiger partial charge in [-0.2, -0.15) is 0 Å². The van der Waals surface area contributed by atoms with E-state index in [0.29, 0.717) is 19.0 Å². The molecule has 0 aromatic rings. The highest BCUT2D eigenvalue weighted by Crippen LogP contribution is 2.23. The molecule has 94 valence electrons. The molecule has 1 saturated heterocycles. The van der Waals surface area contributed by atoms with Gasteiger partial charge in [-0.05, 0) is 18.8 Å². The third kappa shape index (κ3) is 3.75. The summed E-state index contributed by atoms with van der Waals surface area (Å²) in [7, 11) is -3.35. The van der Waals surface area contributed by atoms with E-state index in [1.165, 1.54) is 4.31 Å². The average Bonchev–Trinajstić information content (AvgIpc) is 2.65. The topological polar surface area (TPSA) is 74.7 Å². The standard InChI is InChI=1S/C10H19NO4S/c1-2-3-9-4-6-11(8-9)16(14,15)7-5-10(12)13/h9H,2-8H2,1H3,(H,12,13). The summed E-state index contributed by atoms with van der Waals surface area (Å²) in [6.07, 6.45) is 2.70. The van der Waals surface area contributed by atoms with Gasteiger partial charge >= 0.3 is 5.97 Å². The molecule has 0 spiro atoms. The minimum atomic E-state index is -3.35. The number of hydrogen-bond acceptors (Lipinski definition) is 3. The van der Waals surface area contributed by atoms with Crippen molar-refractivity contribution in [3.8, 4) is 0 Å². The zero-order valence-electron chi connectivity index (χ0n) is 9.55. The van der Waals surface area contributed by atoms with E-state index < -0.39 is 16.0 Å². The molecule has 1 aliphatic heterocycles. The third-order valence-corrected chi connectivity index (χ3v) is 4.75. The van der Waals surface area contributed by atoms with Crippen molar-refractivity contribution in [2.75, 3.05) is 18.8 Å². The predicted molar refractivity (Wildman–Crippen MR) is 60.6 cm³/mol. The molecule has 1 unspecified atom stereocenters. The predicted octanol–water partition coefficient (Wildman–Crippen LogP) is 0.913. The molecule has 0 aromatic heterocycles. The van der Waals surface area contributed by atoms with E-state index in [1.807, 2.05) is 0 Å². The lowest BCUT2D eigenvalue weighted by molar-refractivity contribution is -0.136. The summed E-state index contributed by atoms with van der Waals surface area (Å²) in [5.41, 5.74) is 0. The van der Waals surface area contributed by atoms with Crippen LogP contribution in [0.2, 0.25) is 0 Å². The Bertz CT molecular complexity index is 339. The number of hydrogen-bond donors (Lipinski definition) is 1. The van der Waals surface area contributed by atoms with Crippen molar-refractivity contribution >= 4 is 16.0 Å². The number of carboxylic acids is 1. The van der Waals surface area contributed by atoms with E-state index in [0.717, 1.165) is 19.3 Å². The molecule has 1 N–H and O–H groups in total. The summed E-state index contributed by atoms with van der Waals surface area (Å²) in [5, 5.41) is 8.47. The number of aliphatic carboxylic acids is 1. The second kappa shape index (κ2) is 5.63. The molecule has 1 fully saturated rings. The van der Waals surface area contributed by atoms with Crippen LogP contribution in [0.5, 0.6) is 0 Å². The van der Waals surface area contributed by atoms with Crippen LogP contribution in [0.3, 0.4) is 0 Å². The molecule has 0 bridgehead atoms. The van der Waals surface area contributed by atoms with Crippen LogP contribution in [0, 0.1) is 5.92 Å². The summed E-state index contributed by atoms with van der Waals surface area (Å²) < 4.78 is 24.9. The van der Waals surface area contributed by atoms with Gasteiger partial charge in [-0.15, -0.1) is 0 Å². The molecule has 5 nitrogen and oxygen atoms in total. The summed E-state index contributed by atoms with van der Waals surface area (Å²) in [5.74, 6) is -0.890. The molecule has 0 amide bonds. The fourth-order valence-corrected chi connectivity index (χ4v) is 3.55. The summed E-state index contributed by atoms with van der Waals surface area (Å²) in [6, 6.07) is 0. The Morgan fingerprint density at radius 3 is 2.75 bits per heavy atom. The SMILES string of the molecule is CCCC1CCN(S(=O)(=O)CCC(=O)O)C1. The van der Waals surface area contributed by atoms with Crippen LogP contribution in [0.4, 0.5) is 0 Å². The maximum atomic E-state index is 11.7. The Kier molecular flexibility index (Phi) is 4.73. The van der Waals surface area contributed by atoms with Gasteiger partial charge in [0.15, 0.2) is 0 Å². The minimum Gasteiger partial charge on any atom is -0.481 e.